The maximum Gasteiger partial charge on any atom is 0.227 e. The van der Waals surface area contributed by atoms with Gasteiger partial charge < -0.3 is 9.80 Å². The lowest BCUT2D eigenvalue weighted by Crippen LogP contribution is -2.38. The minimum atomic E-state index is 0.202. The summed E-state index contributed by atoms with van der Waals surface area (Å²) in [6, 6.07) is 6.53. The van der Waals surface area contributed by atoms with Gasteiger partial charge in [-0.2, -0.15) is 0 Å². The van der Waals surface area contributed by atoms with E-state index in [0.29, 0.717) is 25.4 Å². The molecule has 0 N–H and O–H groups in total. The summed E-state index contributed by atoms with van der Waals surface area (Å²) in [5.74, 6) is 0.787. The Morgan fingerprint density at radius 1 is 0.917 bits per heavy atom. The minimum Gasteiger partial charge on any atom is -0.341 e. The molecule has 128 valence electrons. The van der Waals surface area contributed by atoms with Crippen LogP contribution in [0.15, 0.2) is 18.2 Å². The number of nitrogens with zero attached hydrogens (tertiary/aromatic N) is 2. The highest BCUT2D eigenvalue weighted by Gasteiger charge is 2.34. The predicted molar refractivity (Wildman–Crippen MR) is 92.7 cm³/mol. The van der Waals surface area contributed by atoms with Gasteiger partial charge in [-0.15, -0.1) is 0 Å². The zero-order valence-electron chi connectivity index (χ0n) is 14.3. The first-order chi connectivity index (χ1) is 11.7. The van der Waals surface area contributed by atoms with Crippen molar-refractivity contribution < 1.29 is 9.59 Å². The molecule has 2 fully saturated rings. The van der Waals surface area contributed by atoms with Gasteiger partial charge in [-0.3, -0.25) is 9.59 Å². The fourth-order valence-corrected chi connectivity index (χ4v) is 4.00. The molecule has 1 aromatic carbocycles. The topological polar surface area (TPSA) is 40.6 Å². The average molecular weight is 326 g/mol. The molecule has 4 heteroatoms. The van der Waals surface area contributed by atoms with Crippen LogP contribution in [0.3, 0.4) is 0 Å². The molecule has 1 aliphatic heterocycles. The Labute approximate surface area is 143 Å². The van der Waals surface area contributed by atoms with Gasteiger partial charge in [0.05, 0.1) is 6.42 Å². The van der Waals surface area contributed by atoms with Gasteiger partial charge in [0.15, 0.2) is 0 Å². The molecule has 3 aliphatic rings. The van der Waals surface area contributed by atoms with E-state index in [9.17, 15) is 9.59 Å². The SMILES string of the molecule is O=C(Cc1ccc2c(c1)CCC2)N1CCCN(C(=O)C2CC2)CC1. The van der Waals surface area contributed by atoms with Crippen molar-refractivity contribution >= 4 is 11.8 Å². The molecular weight excluding hydrogens is 300 g/mol. The second-order valence-electron chi connectivity index (χ2n) is 7.47. The van der Waals surface area contributed by atoms with Gasteiger partial charge in [0, 0.05) is 32.1 Å². The van der Waals surface area contributed by atoms with Gasteiger partial charge >= 0.3 is 0 Å². The Hall–Kier alpha value is -1.84. The molecule has 1 saturated heterocycles. The van der Waals surface area contributed by atoms with Crippen LogP contribution >= 0.6 is 0 Å². The molecule has 0 aromatic heterocycles. The Balaban J connectivity index is 1.35. The van der Waals surface area contributed by atoms with Crippen molar-refractivity contribution in [2.24, 2.45) is 5.92 Å². The summed E-state index contributed by atoms with van der Waals surface area (Å²) in [6.07, 6.45) is 7.06. The Morgan fingerprint density at radius 2 is 1.67 bits per heavy atom. The van der Waals surface area contributed by atoms with Crippen LogP contribution in [0.5, 0.6) is 0 Å². The molecule has 1 heterocycles. The van der Waals surface area contributed by atoms with Crippen LogP contribution in [0.1, 0.15) is 42.4 Å². The molecule has 0 radical (unpaired) electrons. The molecule has 24 heavy (non-hydrogen) atoms. The molecule has 1 saturated carbocycles. The van der Waals surface area contributed by atoms with Crippen LogP contribution in [0.25, 0.3) is 0 Å². The first kappa shape index (κ1) is 15.7. The molecule has 0 unspecified atom stereocenters. The fourth-order valence-electron chi connectivity index (χ4n) is 4.00. The summed E-state index contributed by atoms with van der Waals surface area (Å²) in [5.41, 5.74) is 4.02. The van der Waals surface area contributed by atoms with Crippen molar-refractivity contribution in [3.05, 3.63) is 34.9 Å². The summed E-state index contributed by atoms with van der Waals surface area (Å²) in [7, 11) is 0. The first-order valence-electron chi connectivity index (χ1n) is 9.38. The number of carbonyl (C=O) groups is 2. The van der Waals surface area contributed by atoms with Gasteiger partial charge in [-0.05, 0) is 55.2 Å². The standard InChI is InChI=1S/C20H26N2O2/c23-19(14-15-5-6-16-3-1-4-18(16)13-15)21-9-2-10-22(12-11-21)20(24)17-7-8-17/h5-6,13,17H,1-4,7-12,14H2. The Bertz CT molecular complexity index is 651. The molecule has 4 nitrogen and oxygen atoms in total. The predicted octanol–water partition coefficient (Wildman–Crippen LogP) is 2.19. The molecule has 0 spiro atoms. The van der Waals surface area contributed by atoms with Crippen LogP contribution in [-0.4, -0.2) is 47.8 Å². The van der Waals surface area contributed by atoms with Crippen molar-refractivity contribution in [2.45, 2.75) is 44.9 Å². The number of carbonyl (C=O) groups excluding carboxylic acids is 2. The van der Waals surface area contributed by atoms with Crippen molar-refractivity contribution in [2.75, 3.05) is 26.2 Å². The highest BCUT2D eigenvalue weighted by Crippen LogP contribution is 2.31. The number of benzene rings is 1. The smallest absolute Gasteiger partial charge is 0.227 e. The first-order valence-corrected chi connectivity index (χ1v) is 9.38. The van der Waals surface area contributed by atoms with E-state index >= 15 is 0 Å². The molecular formula is C20H26N2O2. The van der Waals surface area contributed by atoms with E-state index in [0.717, 1.165) is 44.3 Å². The van der Waals surface area contributed by atoms with Crippen LogP contribution in [0.2, 0.25) is 0 Å². The van der Waals surface area contributed by atoms with E-state index in [4.69, 9.17) is 0 Å². The van der Waals surface area contributed by atoms with Gasteiger partial charge in [0.1, 0.15) is 0 Å². The molecule has 4 rings (SSSR count). The van der Waals surface area contributed by atoms with E-state index in [1.54, 1.807) is 0 Å². The number of fused-ring (bicyclic) bond motifs is 1. The summed E-state index contributed by atoms with van der Waals surface area (Å²) in [5, 5.41) is 0. The molecule has 1 aromatic rings. The van der Waals surface area contributed by atoms with Crippen molar-refractivity contribution in [1.29, 1.82) is 0 Å². The summed E-state index contributed by atoms with van der Waals surface area (Å²) in [4.78, 5) is 28.8. The quantitative estimate of drug-likeness (QED) is 0.854. The third-order valence-corrected chi connectivity index (χ3v) is 5.61. The summed E-state index contributed by atoms with van der Waals surface area (Å²) >= 11 is 0. The zero-order valence-corrected chi connectivity index (χ0v) is 14.3. The van der Waals surface area contributed by atoms with Gasteiger partial charge in [-0.25, -0.2) is 0 Å². The lowest BCUT2D eigenvalue weighted by molar-refractivity contribution is -0.134. The van der Waals surface area contributed by atoms with Crippen molar-refractivity contribution in [3.63, 3.8) is 0 Å². The molecule has 0 bridgehead atoms. The lowest BCUT2D eigenvalue weighted by Gasteiger charge is -2.22. The lowest BCUT2D eigenvalue weighted by atomic mass is 10.0. The second kappa shape index (κ2) is 6.58. The van der Waals surface area contributed by atoms with Crippen LogP contribution < -0.4 is 0 Å². The van der Waals surface area contributed by atoms with E-state index in [2.05, 4.69) is 18.2 Å². The van der Waals surface area contributed by atoms with Crippen LogP contribution in [-0.2, 0) is 28.9 Å². The van der Waals surface area contributed by atoms with Gasteiger partial charge in [0.2, 0.25) is 11.8 Å². The van der Waals surface area contributed by atoms with Crippen molar-refractivity contribution in [1.82, 2.24) is 9.80 Å². The Morgan fingerprint density at radius 3 is 2.50 bits per heavy atom. The van der Waals surface area contributed by atoms with E-state index in [-0.39, 0.29) is 11.8 Å². The highest BCUT2D eigenvalue weighted by atomic mass is 16.2. The average Bonchev–Trinajstić information content (AvgIpc) is 3.37. The third-order valence-electron chi connectivity index (χ3n) is 5.61. The largest absolute Gasteiger partial charge is 0.341 e. The molecule has 2 aliphatic carbocycles. The normalized spacial score (nSPS) is 20.7. The zero-order chi connectivity index (χ0) is 16.5. The Kier molecular flexibility index (Phi) is 4.30. The summed E-state index contributed by atoms with van der Waals surface area (Å²) < 4.78 is 0. The third kappa shape index (κ3) is 3.33. The highest BCUT2D eigenvalue weighted by molar-refractivity contribution is 5.81. The molecule has 2 amide bonds. The minimum absolute atomic E-state index is 0.202. The van der Waals surface area contributed by atoms with E-state index < -0.39 is 0 Å². The summed E-state index contributed by atoms with van der Waals surface area (Å²) in [6.45, 7) is 2.96. The number of rotatable bonds is 3. The molecule has 0 atom stereocenters. The van der Waals surface area contributed by atoms with Gasteiger partial charge in [-0.1, -0.05) is 18.2 Å². The van der Waals surface area contributed by atoms with E-state index in [1.165, 1.54) is 24.0 Å². The fraction of sp³-hybridized carbons (Fsp3) is 0.600. The van der Waals surface area contributed by atoms with Crippen LogP contribution in [0, 0.1) is 5.92 Å². The van der Waals surface area contributed by atoms with E-state index in [1.807, 2.05) is 9.80 Å². The monoisotopic (exact) mass is 326 g/mol. The number of hydrogen-bond donors (Lipinski definition) is 0. The van der Waals surface area contributed by atoms with Gasteiger partial charge in [0.25, 0.3) is 0 Å². The number of hydrogen-bond acceptors (Lipinski definition) is 2. The maximum atomic E-state index is 12.7. The van der Waals surface area contributed by atoms with Crippen LogP contribution in [0.4, 0.5) is 0 Å². The number of aryl methyl sites for hydroxylation is 2. The number of amides is 2. The maximum absolute atomic E-state index is 12.7. The van der Waals surface area contributed by atoms with Crippen molar-refractivity contribution in [3.8, 4) is 0 Å². The second-order valence-corrected chi connectivity index (χ2v) is 7.47.